The summed E-state index contributed by atoms with van der Waals surface area (Å²) in [6.07, 6.45) is 8.28. The maximum absolute atomic E-state index is 5.27. The molecule has 0 atom stereocenters. The summed E-state index contributed by atoms with van der Waals surface area (Å²) in [4.78, 5) is 5.27. The number of rotatable bonds is 4. The molecule has 2 aromatic carbocycles. The number of benzene rings is 2. The SMILES string of the molecule is Cc1ccc(Cn2nc(C34CC5CC(CC(C5)C3)C4)nc2-c2ccc(C)cc2)cc1. The molecular weight excluding hydrogens is 366 g/mol. The smallest absolute Gasteiger partial charge is 0.158 e. The van der Waals surface area contributed by atoms with E-state index in [0.717, 1.165) is 35.9 Å². The van der Waals surface area contributed by atoms with Crippen molar-refractivity contribution >= 4 is 0 Å². The largest absolute Gasteiger partial charge is 0.241 e. The van der Waals surface area contributed by atoms with Crippen molar-refractivity contribution in [2.45, 2.75) is 64.3 Å². The molecule has 3 heteroatoms. The van der Waals surface area contributed by atoms with Gasteiger partial charge in [0.25, 0.3) is 0 Å². The number of aromatic nitrogens is 3. The van der Waals surface area contributed by atoms with E-state index in [1.54, 1.807) is 0 Å². The molecule has 0 spiro atoms. The molecule has 4 bridgehead atoms. The van der Waals surface area contributed by atoms with E-state index in [4.69, 9.17) is 10.1 Å². The summed E-state index contributed by atoms with van der Waals surface area (Å²) in [6, 6.07) is 17.6. The molecule has 4 fully saturated rings. The van der Waals surface area contributed by atoms with Crippen LogP contribution in [-0.2, 0) is 12.0 Å². The first kappa shape index (κ1) is 18.4. The average Bonchev–Trinajstić information content (AvgIpc) is 3.14. The third-order valence-corrected chi connectivity index (χ3v) is 7.95. The molecule has 1 aromatic heterocycles. The summed E-state index contributed by atoms with van der Waals surface area (Å²) >= 11 is 0. The van der Waals surface area contributed by atoms with Crippen LogP contribution in [0.15, 0.2) is 48.5 Å². The van der Waals surface area contributed by atoms with E-state index in [2.05, 4.69) is 67.1 Å². The fourth-order valence-corrected chi connectivity index (χ4v) is 6.84. The lowest BCUT2D eigenvalue weighted by atomic mass is 9.49. The van der Waals surface area contributed by atoms with Crippen molar-refractivity contribution < 1.29 is 0 Å². The van der Waals surface area contributed by atoms with Crippen LogP contribution < -0.4 is 0 Å². The Bertz CT molecular complexity index is 1020. The van der Waals surface area contributed by atoms with E-state index in [1.165, 1.54) is 60.8 Å². The molecule has 1 heterocycles. The molecule has 3 aromatic rings. The first-order valence-corrected chi connectivity index (χ1v) is 11.6. The van der Waals surface area contributed by atoms with Gasteiger partial charge in [0, 0.05) is 11.0 Å². The summed E-state index contributed by atoms with van der Waals surface area (Å²) in [5.74, 6) is 4.87. The second-order valence-electron chi connectivity index (χ2n) is 10.5. The van der Waals surface area contributed by atoms with Gasteiger partial charge >= 0.3 is 0 Å². The summed E-state index contributed by atoms with van der Waals surface area (Å²) < 4.78 is 2.17. The van der Waals surface area contributed by atoms with Crippen molar-refractivity contribution in [1.29, 1.82) is 0 Å². The lowest BCUT2D eigenvalue weighted by Crippen LogP contribution is -2.49. The Morgan fingerprint density at radius 2 is 1.33 bits per heavy atom. The van der Waals surface area contributed by atoms with E-state index >= 15 is 0 Å². The Hall–Kier alpha value is -2.42. The molecule has 7 rings (SSSR count). The second kappa shape index (κ2) is 6.80. The van der Waals surface area contributed by atoms with Crippen LogP contribution >= 0.6 is 0 Å². The molecule has 0 unspecified atom stereocenters. The predicted octanol–water partition coefficient (Wildman–Crippen LogP) is 6.08. The van der Waals surface area contributed by atoms with Gasteiger partial charge in [-0.05, 0) is 75.7 Å². The average molecular weight is 398 g/mol. The van der Waals surface area contributed by atoms with Gasteiger partial charge in [0.1, 0.15) is 0 Å². The van der Waals surface area contributed by atoms with Crippen LogP contribution in [0.1, 0.15) is 61.0 Å². The lowest BCUT2D eigenvalue weighted by Gasteiger charge is -2.55. The third-order valence-electron chi connectivity index (χ3n) is 7.95. The molecule has 4 saturated carbocycles. The standard InChI is InChI=1S/C27H31N3/c1-18-3-7-20(8-4-18)17-30-25(24-9-5-19(2)6-10-24)28-26(29-30)27-14-21-11-22(15-27)13-23(12-21)16-27/h3-10,21-23H,11-17H2,1-2H3. The minimum absolute atomic E-state index is 0.229. The van der Waals surface area contributed by atoms with Gasteiger partial charge in [-0.25, -0.2) is 9.67 Å². The van der Waals surface area contributed by atoms with Gasteiger partial charge in [-0.2, -0.15) is 5.10 Å². The molecule has 0 aliphatic heterocycles. The fourth-order valence-electron chi connectivity index (χ4n) is 6.84. The predicted molar refractivity (Wildman–Crippen MR) is 120 cm³/mol. The first-order chi connectivity index (χ1) is 14.6. The normalized spacial score (nSPS) is 29.5. The molecule has 154 valence electrons. The number of nitrogens with zero attached hydrogens (tertiary/aromatic N) is 3. The van der Waals surface area contributed by atoms with E-state index in [9.17, 15) is 0 Å². The molecular formula is C27H31N3. The zero-order valence-corrected chi connectivity index (χ0v) is 18.1. The molecule has 0 saturated heterocycles. The second-order valence-corrected chi connectivity index (χ2v) is 10.5. The maximum Gasteiger partial charge on any atom is 0.158 e. The first-order valence-electron chi connectivity index (χ1n) is 11.6. The Morgan fingerprint density at radius 3 is 1.90 bits per heavy atom. The van der Waals surface area contributed by atoms with Crippen LogP contribution in [0.5, 0.6) is 0 Å². The van der Waals surface area contributed by atoms with Crippen molar-refractivity contribution in [2.75, 3.05) is 0 Å². The van der Waals surface area contributed by atoms with Gasteiger partial charge < -0.3 is 0 Å². The molecule has 0 amide bonds. The van der Waals surface area contributed by atoms with Gasteiger partial charge in [0.2, 0.25) is 0 Å². The quantitative estimate of drug-likeness (QED) is 0.534. The molecule has 30 heavy (non-hydrogen) atoms. The van der Waals surface area contributed by atoms with Crippen molar-refractivity contribution in [3.8, 4) is 11.4 Å². The lowest BCUT2D eigenvalue weighted by molar-refractivity contribution is -0.00941. The minimum Gasteiger partial charge on any atom is -0.241 e. The summed E-state index contributed by atoms with van der Waals surface area (Å²) in [5.41, 5.74) is 5.27. The third kappa shape index (κ3) is 3.10. The Labute approximate surface area is 179 Å². The molecule has 3 nitrogen and oxygen atoms in total. The minimum atomic E-state index is 0.229. The van der Waals surface area contributed by atoms with Crippen LogP contribution in [0.4, 0.5) is 0 Å². The Balaban J connectivity index is 1.42. The van der Waals surface area contributed by atoms with Gasteiger partial charge in [-0.1, -0.05) is 59.7 Å². The van der Waals surface area contributed by atoms with Gasteiger partial charge in [-0.15, -0.1) is 0 Å². The topological polar surface area (TPSA) is 30.7 Å². The number of aryl methyl sites for hydroxylation is 2. The highest BCUT2D eigenvalue weighted by atomic mass is 15.4. The molecule has 0 N–H and O–H groups in total. The molecule has 4 aliphatic carbocycles. The maximum atomic E-state index is 5.27. The van der Waals surface area contributed by atoms with Crippen LogP contribution in [-0.4, -0.2) is 14.8 Å². The number of hydrogen-bond acceptors (Lipinski definition) is 2. The Kier molecular flexibility index (Phi) is 4.16. The fraction of sp³-hybridized carbons (Fsp3) is 0.481. The van der Waals surface area contributed by atoms with Gasteiger partial charge in [-0.3, -0.25) is 0 Å². The zero-order valence-electron chi connectivity index (χ0n) is 18.1. The van der Waals surface area contributed by atoms with E-state index in [-0.39, 0.29) is 5.41 Å². The summed E-state index contributed by atoms with van der Waals surface area (Å²) in [6.45, 7) is 5.06. The van der Waals surface area contributed by atoms with E-state index < -0.39 is 0 Å². The van der Waals surface area contributed by atoms with Crippen LogP contribution in [0, 0.1) is 31.6 Å². The molecule has 4 aliphatic rings. The van der Waals surface area contributed by atoms with Crippen LogP contribution in [0.3, 0.4) is 0 Å². The summed E-state index contributed by atoms with van der Waals surface area (Å²) in [5, 5.41) is 5.22. The van der Waals surface area contributed by atoms with Gasteiger partial charge in [0.15, 0.2) is 11.6 Å². The summed E-state index contributed by atoms with van der Waals surface area (Å²) in [7, 11) is 0. The van der Waals surface area contributed by atoms with E-state index in [0.29, 0.717) is 0 Å². The highest BCUT2D eigenvalue weighted by Crippen LogP contribution is 2.60. The van der Waals surface area contributed by atoms with Crippen molar-refractivity contribution in [3.63, 3.8) is 0 Å². The zero-order chi connectivity index (χ0) is 20.3. The Morgan fingerprint density at radius 1 is 0.800 bits per heavy atom. The van der Waals surface area contributed by atoms with Crippen molar-refractivity contribution in [2.24, 2.45) is 17.8 Å². The molecule has 0 radical (unpaired) electrons. The van der Waals surface area contributed by atoms with E-state index in [1.807, 2.05) is 0 Å². The van der Waals surface area contributed by atoms with Gasteiger partial charge in [0.05, 0.1) is 6.54 Å². The van der Waals surface area contributed by atoms with Crippen molar-refractivity contribution in [3.05, 3.63) is 71.0 Å². The highest BCUT2D eigenvalue weighted by molar-refractivity contribution is 5.56. The van der Waals surface area contributed by atoms with Crippen LogP contribution in [0.25, 0.3) is 11.4 Å². The van der Waals surface area contributed by atoms with Crippen molar-refractivity contribution in [1.82, 2.24) is 14.8 Å². The van der Waals surface area contributed by atoms with Crippen LogP contribution in [0.2, 0.25) is 0 Å². The number of hydrogen-bond donors (Lipinski definition) is 0. The monoisotopic (exact) mass is 397 g/mol. The highest BCUT2D eigenvalue weighted by Gasteiger charge is 2.53.